The molecular weight excluding hydrogens is 465 g/mol. The third kappa shape index (κ3) is 5.08. The van der Waals surface area contributed by atoms with Gasteiger partial charge in [0.2, 0.25) is 5.88 Å². The number of aromatic nitrogens is 1. The van der Waals surface area contributed by atoms with Crippen molar-refractivity contribution in [2.75, 3.05) is 51.5 Å². The van der Waals surface area contributed by atoms with Gasteiger partial charge in [-0.1, -0.05) is 29.4 Å². The molecule has 0 radical (unpaired) electrons. The summed E-state index contributed by atoms with van der Waals surface area (Å²) in [5.74, 6) is 0.425. The fourth-order valence-corrected chi connectivity index (χ4v) is 4.76. The number of methoxy groups -OCH3 is 1. The molecule has 0 spiro atoms. The van der Waals surface area contributed by atoms with Crippen LogP contribution in [0.4, 0.5) is 10.3 Å². The zero-order chi connectivity index (χ0) is 24.9. The molecule has 1 aromatic heterocycles. The van der Waals surface area contributed by atoms with Gasteiger partial charge < -0.3 is 28.5 Å². The normalized spacial score (nSPS) is 17.8. The molecule has 2 aliphatic heterocycles. The smallest absolute Gasteiger partial charge is 0.258 e. The molecule has 1 amide bonds. The van der Waals surface area contributed by atoms with Crippen molar-refractivity contribution in [3.05, 3.63) is 65.5 Å². The first-order valence-electron chi connectivity index (χ1n) is 12.3. The van der Waals surface area contributed by atoms with Crippen LogP contribution in [0.2, 0.25) is 0 Å². The number of para-hydroxylation sites is 1. The molecule has 190 valence electrons. The van der Waals surface area contributed by atoms with E-state index in [-0.39, 0.29) is 18.6 Å². The van der Waals surface area contributed by atoms with Gasteiger partial charge in [0.25, 0.3) is 5.91 Å². The van der Waals surface area contributed by atoms with Crippen molar-refractivity contribution in [1.82, 2.24) is 10.1 Å². The summed E-state index contributed by atoms with van der Waals surface area (Å²) in [6.07, 6.45) is 1.75. The molecule has 0 bridgehead atoms. The van der Waals surface area contributed by atoms with Crippen LogP contribution in [0.1, 0.15) is 28.8 Å². The molecule has 5 rings (SSSR count). The van der Waals surface area contributed by atoms with E-state index in [1.165, 1.54) is 6.07 Å². The summed E-state index contributed by atoms with van der Waals surface area (Å²) in [5, 5.41) is 4.28. The molecule has 0 N–H and O–H groups in total. The Hall–Kier alpha value is -3.43. The fraction of sp³-hybridized carbons (Fsp3) is 0.407. The second kappa shape index (κ2) is 11.1. The molecule has 2 fully saturated rings. The lowest BCUT2D eigenvalue weighted by atomic mass is 10.0. The van der Waals surface area contributed by atoms with E-state index < -0.39 is 5.82 Å². The number of carbonyl (C=O) groups excluding carboxylic acids is 1. The summed E-state index contributed by atoms with van der Waals surface area (Å²) < 4.78 is 37.5. The average Bonchev–Trinajstić information content (AvgIpc) is 3.59. The number of nitrogens with zero attached hydrogens (tertiary/aromatic N) is 3. The van der Waals surface area contributed by atoms with Gasteiger partial charge in [-0.3, -0.25) is 4.79 Å². The lowest BCUT2D eigenvalue weighted by molar-refractivity contribution is 0.0505. The maximum atomic E-state index is 14.9. The van der Waals surface area contributed by atoms with Crippen LogP contribution >= 0.6 is 0 Å². The van der Waals surface area contributed by atoms with Crippen molar-refractivity contribution in [2.24, 2.45) is 0 Å². The van der Waals surface area contributed by atoms with E-state index >= 15 is 0 Å². The molecule has 8 nitrogen and oxygen atoms in total. The first-order chi connectivity index (χ1) is 17.7. The molecule has 0 unspecified atom stereocenters. The molecule has 2 aliphatic rings. The Kier molecular flexibility index (Phi) is 7.48. The molecule has 0 saturated carbocycles. The van der Waals surface area contributed by atoms with E-state index in [1.54, 1.807) is 42.3 Å². The summed E-state index contributed by atoms with van der Waals surface area (Å²) in [4.78, 5) is 17.6. The summed E-state index contributed by atoms with van der Waals surface area (Å²) in [6, 6.07) is 13.6. The highest BCUT2D eigenvalue weighted by Crippen LogP contribution is 2.35. The molecule has 3 heterocycles. The minimum Gasteiger partial charge on any atom is -0.496 e. The molecule has 1 atom stereocenters. The highest BCUT2D eigenvalue weighted by Gasteiger charge is 2.31. The number of morpholine rings is 1. The standard InChI is InChI=1S/C27H30FN3O5/c1-33-24-11-5-3-9-21(24)26(32)31(17-19-7-6-14-35-19)18-22-25(20-8-2-4-10-23(20)28)29-36-27(22)30-12-15-34-16-13-30/h2-5,8-11,19H,6-7,12-18H2,1H3/t19-/m1/s1. The Balaban J connectivity index is 1.55. The lowest BCUT2D eigenvalue weighted by Gasteiger charge is -2.29. The summed E-state index contributed by atoms with van der Waals surface area (Å²) in [5.41, 5.74) is 1.83. The Morgan fingerprint density at radius 3 is 2.67 bits per heavy atom. The Morgan fingerprint density at radius 1 is 1.14 bits per heavy atom. The highest BCUT2D eigenvalue weighted by molar-refractivity contribution is 5.97. The molecular formula is C27H30FN3O5. The fourth-order valence-electron chi connectivity index (χ4n) is 4.76. The Morgan fingerprint density at radius 2 is 1.92 bits per heavy atom. The van der Waals surface area contributed by atoms with Crippen LogP contribution in [-0.4, -0.2) is 68.6 Å². The molecule has 2 aromatic carbocycles. The van der Waals surface area contributed by atoms with Gasteiger partial charge in [-0.25, -0.2) is 4.39 Å². The van der Waals surface area contributed by atoms with Crippen molar-refractivity contribution in [1.29, 1.82) is 0 Å². The van der Waals surface area contributed by atoms with Crippen molar-refractivity contribution in [3.63, 3.8) is 0 Å². The van der Waals surface area contributed by atoms with E-state index in [2.05, 4.69) is 5.16 Å². The minimum absolute atomic E-state index is 0.0766. The second-order valence-corrected chi connectivity index (χ2v) is 8.92. The summed E-state index contributed by atoms with van der Waals surface area (Å²) >= 11 is 0. The van der Waals surface area contributed by atoms with Crippen LogP contribution in [0, 0.1) is 5.82 Å². The van der Waals surface area contributed by atoms with Gasteiger partial charge in [0.05, 0.1) is 44.1 Å². The van der Waals surface area contributed by atoms with Gasteiger partial charge in [-0.05, 0) is 37.1 Å². The molecule has 2 saturated heterocycles. The largest absolute Gasteiger partial charge is 0.496 e. The van der Waals surface area contributed by atoms with Crippen molar-refractivity contribution < 1.29 is 27.9 Å². The SMILES string of the molecule is COc1ccccc1C(=O)N(Cc1c(-c2ccccc2F)noc1N1CCOCC1)C[C@H]1CCCO1. The second-order valence-electron chi connectivity index (χ2n) is 8.92. The number of hydrogen-bond acceptors (Lipinski definition) is 7. The van der Waals surface area contributed by atoms with Gasteiger partial charge in [0, 0.05) is 31.8 Å². The van der Waals surface area contributed by atoms with Crippen LogP contribution in [-0.2, 0) is 16.0 Å². The summed E-state index contributed by atoms with van der Waals surface area (Å²) in [7, 11) is 1.54. The van der Waals surface area contributed by atoms with Crippen molar-refractivity contribution in [2.45, 2.75) is 25.5 Å². The third-order valence-electron chi connectivity index (χ3n) is 6.62. The van der Waals surface area contributed by atoms with Crippen LogP contribution < -0.4 is 9.64 Å². The van der Waals surface area contributed by atoms with Gasteiger partial charge in [0.1, 0.15) is 17.3 Å². The first-order valence-corrected chi connectivity index (χ1v) is 12.3. The first kappa shape index (κ1) is 24.3. The molecule has 3 aromatic rings. The van der Waals surface area contributed by atoms with Crippen LogP contribution in [0.3, 0.4) is 0 Å². The van der Waals surface area contributed by atoms with E-state index in [0.29, 0.717) is 73.5 Å². The topological polar surface area (TPSA) is 77.3 Å². The number of halogens is 1. The zero-order valence-electron chi connectivity index (χ0n) is 20.3. The highest BCUT2D eigenvalue weighted by atomic mass is 19.1. The maximum Gasteiger partial charge on any atom is 0.258 e. The predicted molar refractivity (Wildman–Crippen MR) is 132 cm³/mol. The van der Waals surface area contributed by atoms with E-state index in [9.17, 15) is 9.18 Å². The van der Waals surface area contributed by atoms with E-state index in [4.69, 9.17) is 18.7 Å². The zero-order valence-corrected chi connectivity index (χ0v) is 20.3. The van der Waals surface area contributed by atoms with Gasteiger partial charge >= 0.3 is 0 Å². The lowest BCUT2D eigenvalue weighted by Crippen LogP contribution is -2.39. The predicted octanol–water partition coefficient (Wildman–Crippen LogP) is 4.15. The van der Waals surface area contributed by atoms with Gasteiger partial charge in [0.15, 0.2) is 0 Å². The molecule has 9 heteroatoms. The third-order valence-corrected chi connectivity index (χ3v) is 6.62. The van der Waals surface area contributed by atoms with E-state index in [0.717, 1.165) is 12.8 Å². The van der Waals surface area contributed by atoms with Crippen molar-refractivity contribution >= 4 is 11.8 Å². The molecule has 0 aliphatic carbocycles. The minimum atomic E-state index is -0.401. The average molecular weight is 496 g/mol. The number of benzene rings is 2. The number of hydrogen-bond donors (Lipinski definition) is 0. The van der Waals surface area contributed by atoms with Crippen LogP contribution in [0.15, 0.2) is 53.1 Å². The quantitative estimate of drug-likeness (QED) is 0.465. The number of carbonyl (C=O) groups is 1. The Labute approximate surface area is 209 Å². The summed E-state index contributed by atoms with van der Waals surface area (Å²) in [6.45, 7) is 3.58. The number of amides is 1. The maximum absolute atomic E-state index is 14.9. The van der Waals surface area contributed by atoms with Crippen LogP contribution in [0.5, 0.6) is 5.75 Å². The van der Waals surface area contributed by atoms with E-state index in [1.807, 2.05) is 17.0 Å². The Bertz CT molecular complexity index is 1190. The molecule has 36 heavy (non-hydrogen) atoms. The monoisotopic (exact) mass is 495 g/mol. The van der Waals surface area contributed by atoms with Crippen molar-refractivity contribution in [3.8, 4) is 17.0 Å². The van der Waals surface area contributed by atoms with Gasteiger partial charge in [-0.2, -0.15) is 0 Å². The van der Waals surface area contributed by atoms with Gasteiger partial charge in [-0.15, -0.1) is 0 Å². The number of rotatable bonds is 8. The number of anilines is 1. The van der Waals surface area contributed by atoms with Crippen LogP contribution in [0.25, 0.3) is 11.3 Å². The number of ether oxygens (including phenoxy) is 3.